The molecular weight excluding hydrogens is 509 g/mol. The molecule has 0 bridgehead atoms. The monoisotopic (exact) mass is 536 g/mol. The summed E-state index contributed by atoms with van der Waals surface area (Å²) in [6.45, 7) is 2.22. The zero-order valence-corrected chi connectivity index (χ0v) is 21.4. The summed E-state index contributed by atoms with van der Waals surface area (Å²) in [4.78, 5) is 17.0. The van der Waals surface area contributed by atoms with Crippen LogP contribution >= 0.6 is 0 Å². The molecule has 202 valence electrons. The first-order valence-electron chi connectivity index (χ1n) is 12.8. The molecule has 3 aliphatic rings. The summed E-state index contributed by atoms with van der Waals surface area (Å²) in [6, 6.07) is 12.4. The van der Waals surface area contributed by atoms with Gasteiger partial charge in [-0.2, -0.15) is 18.4 Å². The Morgan fingerprint density at radius 3 is 2.69 bits per heavy atom. The standard InChI is InChI=1S/C28H27F3N6O2/c1-35-17-33-34-25(35)10-27(15-39-16-27)20-3-2-4-21(9-20)37-14-23-22(26(37)38)7-19(8-24(23)28(29,30)31)13-36-6-5-18(11-32)12-36/h2-4,7-9,17-18H,5-6,10,12-16H2,1H3/t18-/m1/s1. The van der Waals surface area contributed by atoms with Gasteiger partial charge in [0.2, 0.25) is 0 Å². The van der Waals surface area contributed by atoms with Crippen LogP contribution in [0.2, 0.25) is 0 Å². The Hall–Kier alpha value is -3.75. The molecule has 8 nitrogen and oxygen atoms in total. The summed E-state index contributed by atoms with van der Waals surface area (Å²) in [5.74, 6) is 0.233. The lowest BCUT2D eigenvalue weighted by atomic mass is 9.75. The molecule has 1 amide bonds. The van der Waals surface area contributed by atoms with Gasteiger partial charge >= 0.3 is 6.18 Å². The Kier molecular flexibility index (Phi) is 6.19. The molecule has 0 N–H and O–H groups in total. The summed E-state index contributed by atoms with van der Waals surface area (Å²) in [5.41, 5.74) is 0.871. The Morgan fingerprint density at radius 2 is 2.05 bits per heavy atom. The van der Waals surface area contributed by atoms with E-state index in [1.54, 1.807) is 18.5 Å². The second-order valence-corrected chi connectivity index (χ2v) is 10.8. The van der Waals surface area contributed by atoms with Crippen LogP contribution in [0.5, 0.6) is 0 Å². The number of benzene rings is 2. The van der Waals surface area contributed by atoms with E-state index >= 15 is 0 Å². The molecule has 6 rings (SSSR count). The summed E-state index contributed by atoms with van der Waals surface area (Å²) in [7, 11) is 1.87. The van der Waals surface area contributed by atoms with Gasteiger partial charge in [0.15, 0.2) is 0 Å². The van der Waals surface area contributed by atoms with Crippen molar-refractivity contribution in [1.82, 2.24) is 19.7 Å². The zero-order valence-electron chi connectivity index (χ0n) is 21.4. The first kappa shape index (κ1) is 25.5. The fourth-order valence-corrected chi connectivity index (χ4v) is 5.85. The van der Waals surface area contributed by atoms with E-state index in [0.717, 1.165) is 17.5 Å². The number of rotatable bonds is 6. The van der Waals surface area contributed by atoms with Crippen LogP contribution < -0.4 is 4.90 Å². The number of anilines is 1. The van der Waals surface area contributed by atoms with Gasteiger partial charge in [0.1, 0.15) is 12.2 Å². The SMILES string of the molecule is Cn1cnnc1CC1(c2cccc(N3Cc4c(cc(CN5CC[C@H](C#N)C5)cc4C(F)(F)F)C3=O)c2)COC1. The highest BCUT2D eigenvalue weighted by molar-refractivity contribution is 6.10. The van der Waals surface area contributed by atoms with E-state index < -0.39 is 17.6 Å². The van der Waals surface area contributed by atoms with Crippen molar-refractivity contribution in [3.05, 3.63) is 76.4 Å². The number of ether oxygens (including phenoxy) is 1. The van der Waals surface area contributed by atoms with Crippen LogP contribution in [0, 0.1) is 17.2 Å². The first-order valence-corrected chi connectivity index (χ1v) is 12.8. The van der Waals surface area contributed by atoms with Crippen LogP contribution in [-0.2, 0) is 42.9 Å². The molecule has 2 saturated heterocycles. The quantitative estimate of drug-likeness (QED) is 0.476. The van der Waals surface area contributed by atoms with Crippen LogP contribution in [0.15, 0.2) is 42.7 Å². The number of hydrogen-bond donors (Lipinski definition) is 0. The molecule has 4 heterocycles. The highest BCUT2D eigenvalue weighted by Gasteiger charge is 2.43. The van der Waals surface area contributed by atoms with Crippen LogP contribution in [-0.4, -0.2) is 51.9 Å². The van der Waals surface area contributed by atoms with Crippen molar-refractivity contribution >= 4 is 11.6 Å². The molecule has 3 aromatic rings. The fraction of sp³-hybridized carbons (Fsp3) is 0.429. The van der Waals surface area contributed by atoms with E-state index in [9.17, 15) is 23.2 Å². The molecule has 0 saturated carbocycles. The Labute approximate surface area is 223 Å². The number of nitriles is 1. The van der Waals surface area contributed by atoms with Crippen molar-refractivity contribution in [3.63, 3.8) is 0 Å². The van der Waals surface area contributed by atoms with E-state index in [1.165, 1.54) is 4.90 Å². The predicted octanol–water partition coefficient (Wildman–Crippen LogP) is 3.85. The molecule has 2 aromatic carbocycles. The number of nitrogens with zero attached hydrogens (tertiary/aromatic N) is 6. The molecule has 0 radical (unpaired) electrons. The minimum atomic E-state index is -4.60. The van der Waals surface area contributed by atoms with Crippen molar-refractivity contribution in [2.45, 2.75) is 37.5 Å². The van der Waals surface area contributed by atoms with Gasteiger partial charge in [-0.3, -0.25) is 9.69 Å². The third kappa shape index (κ3) is 4.57. The van der Waals surface area contributed by atoms with Crippen LogP contribution in [0.1, 0.15) is 44.9 Å². The summed E-state index contributed by atoms with van der Waals surface area (Å²) in [5, 5.41) is 17.3. The number of fused-ring (bicyclic) bond motifs is 1. The fourth-order valence-electron chi connectivity index (χ4n) is 5.85. The van der Waals surface area contributed by atoms with Gasteiger partial charge in [-0.1, -0.05) is 12.1 Å². The molecule has 2 fully saturated rings. The zero-order chi connectivity index (χ0) is 27.4. The lowest BCUT2D eigenvalue weighted by Gasteiger charge is -2.42. The normalized spacial score (nSPS) is 20.6. The van der Waals surface area contributed by atoms with E-state index in [4.69, 9.17) is 4.74 Å². The average molecular weight is 537 g/mol. The van der Waals surface area contributed by atoms with Crippen LogP contribution in [0.4, 0.5) is 18.9 Å². The minimum Gasteiger partial charge on any atom is -0.379 e. The summed E-state index contributed by atoms with van der Waals surface area (Å²) in [6.07, 6.45) is -1.68. The number of halogens is 3. The third-order valence-electron chi connectivity index (χ3n) is 8.10. The van der Waals surface area contributed by atoms with Crippen molar-refractivity contribution in [1.29, 1.82) is 5.26 Å². The van der Waals surface area contributed by atoms with Gasteiger partial charge in [-0.05, 0) is 53.9 Å². The number of hydrogen-bond acceptors (Lipinski definition) is 6. The maximum absolute atomic E-state index is 14.2. The number of carbonyl (C=O) groups excluding carboxylic acids is 1. The van der Waals surface area contributed by atoms with Gasteiger partial charge in [-0.15, -0.1) is 10.2 Å². The second-order valence-electron chi connectivity index (χ2n) is 10.8. The molecule has 11 heteroatoms. The Bertz CT molecular complexity index is 1470. The van der Waals surface area contributed by atoms with Gasteiger partial charge in [-0.25, -0.2) is 0 Å². The molecule has 0 unspecified atom stereocenters. The summed E-state index contributed by atoms with van der Waals surface area (Å²) >= 11 is 0. The van der Waals surface area contributed by atoms with Gasteiger partial charge in [0.25, 0.3) is 5.91 Å². The van der Waals surface area contributed by atoms with Gasteiger partial charge < -0.3 is 14.2 Å². The predicted molar refractivity (Wildman–Crippen MR) is 135 cm³/mol. The second kappa shape index (κ2) is 9.47. The highest BCUT2D eigenvalue weighted by Crippen LogP contribution is 2.42. The van der Waals surface area contributed by atoms with E-state index in [-0.39, 0.29) is 35.5 Å². The number of aromatic nitrogens is 3. The van der Waals surface area contributed by atoms with Crippen LogP contribution in [0.25, 0.3) is 0 Å². The smallest absolute Gasteiger partial charge is 0.379 e. The number of alkyl halides is 3. The molecule has 1 aromatic heterocycles. The lowest BCUT2D eigenvalue weighted by molar-refractivity contribution is -0.138. The number of carbonyl (C=O) groups is 1. The topological polar surface area (TPSA) is 87.3 Å². The van der Waals surface area contributed by atoms with Crippen molar-refractivity contribution < 1.29 is 22.7 Å². The van der Waals surface area contributed by atoms with Crippen molar-refractivity contribution in [3.8, 4) is 6.07 Å². The molecule has 1 atom stereocenters. The molecule has 39 heavy (non-hydrogen) atoms. The minimum absolute atomic E-state index is 0.00116. The maximum atomic E-state index is 14.2. The van der Waals surface area contributed by atoms with E-state index in [2.05, 4.69) is 16.3 Å². The molecular formula is C28H27F3N6O2. The maximum Gasteiger partial charge on any atom is 0.416 e. The number of aryl methyl sites for hydroxylation is 1. The Balaban J connectivity index is 1.31. The highest BCUT2D eigenvalue weighted by atomic mass is 19.4. The molecule has 3 aliphatic heterocycles. The number of likely N-dealkylation sites (tertiary alicyclic amines) is 1. The third-order valence-corrected chi connectivity index (χ3v) is 8.10. The van der Waals surface area contributed by atoms with E-state index in [0.29, 0.717) is 50.4 Å². The average Bonchev–Trinajstić information content (AvgIpc) is 3.60. The van der Waals surface area contributed by atoms with Gasteiger partial charge in [0.05, 0.1) is 37.3 Å². The largest absolute Gasteiger partial charge is 0.416 e. The molecule has 0 spiro atoms. The molecule has 0 aliphatic carbocycles. The van der Waals surface area contributed by atoms with E-state index in [1.807, 2.05) is 34.7 Å². The van der Waals surface area contributed by atoms with Crippen molar-refractivity contribution in [2.24, 2.45) is 13.0 Å². The van der Waals surface area contributed by atoms with Crippen molar-refractivity contribution in [2.75, 3.05) is 31.2 Å². The Morgan fingerprint density at radius 1 is 1.23 bits per heavy atom. The summed E-state index contributed by atoms with van der Waals surface area (Å²) < 4.78 is 50.0. The van der Waals surface area contributed by atoms with Gasteiger partial charge in [0, 0.05) is 43.2 Å². The first-order chi connectivity index (χ1) is 18.7. The lowest BCUT2D eigenvalue weighted by Crippen LogP contribution is -2.49. The van der Waals surface area contributed by atoms with Crippen LogP contribution in [0.3, 0.4) is 0 Å². The number of amides is 1.